The third kappa shape index (κ3) is 7.04. The molecule has 0 unspecified atom stereocenters. The molecule has 0 saturated heterocycles. The average Bonchev–Trinajstić information content (AvgIpc) is 2.73. The number of hydrogen-bond acceptors (Lipinski definition) is 5. The van der Waals surface area contributed by atoms with Crippen LogP contribution in [0.1, 0.15) is 41.3 Å². The number of thiocarbonyl (C=S) groups is 1. The number of nitrogens with one attached hydrogen (secondary N) is 3. The summed E-state index contributed by atoms with van der Waals surface area (Å²) in [6.07, 6.45) is 1.89. The van der Waals surface area contributed by atoms with E-state index in [4.69, 9.17) is 21.7 Å². The minimum Gasteiger partial charge on any atom is -0.493 e. The molecule has 0 aliphatic carbocycles. The smallest absolute Gasteiger partial charge is 0.276 e. The van der Waals surface area contributed by atoms with Crippen molar-refractivity contribution in [1.29, 1.82) is 0 Å². The Balaban J connectivity index is 1.81. The Kier molecular flexibility index (Phi) is 9.08. The fourth-order valence-electron chi connectivity index (χ4n) is 2.49. The number of carbonyl (C=O) groups excluding carboxylic acids is 2. The molecule has 3 N–H and O–H groups in total. The van der Waals surface area contributed by atoms with Crippen molar-refractivity contribution in [3.63, 3.8) is 0 Å². The second-order valence-electron chi connectivity index (χ2n) is 6.64. The lowest BCUT2D eigenvalue weighted by Crippen LogP contribution is -2.49. The zero-order valence-electron chi connectivity index (χ0n) is 17.4. The summed E-state index contributed by atoms with van der Waals surface area (Å²) < 4.78 is 11.2. The van der Waals surface area contributed by atoms with Crippen molar-refractivity contribution in [2.45, 2.75) is 33.6 Å². The fourth-order valence-corrected chi connectivity index (χ4v) is 2.64. The molecule has 2 amide bonds. The number of hydrogen-bond donors (Lipinski definition) is 3. The molecule has 0 aliphatic rings. The van der Waals surface area contributed by atoms with Crippen LogP contribution in [0.25, 0.3) is 0 Å². The van der Waals surface area contributed by atoms with Gasteiger partial charge in [0.15, 0.2) is 11.7 Å². The van der Waals surface area contributed by atoms with E-state index in [0.29, 0.717) is 23.7 Å². The Morgan fingerprint density at radius 2 is 1.70 bits per heavy atom. The lowest BCUT2D eigenvalue weighted by Gasteiger charge is -2.14. The van der Waals surface area contributed by atoms with Gasteiger partial charge in [-0.05, 0) is 61.8 Å². The molecule has 0 aromatic heterocycles. The van der Waals surface area contributed by atoms with Crippen molar-refractivity contribution >= 4 is 29.1 Å². The molecule has 0 atom stereocenters. The van der Waals surface area contributed by atoms with Crippen LogP contribution in [-0.4, -0.2) is 30.1 Å². The molecule has 2 rings (SSSR count). The number of unbranched alkanes of at least 4 members (excludes halogenated alkanes) is 1. The first kappa shape index (κ1) is 23.2. The number of carbonyl (C=O) groups is 2. The number of benzene rings is 2. The Morgan fingerprint density at radius 3 is 2.47 bits per heavy atom. The quantitative estimate of drug-likeness (QED) is 0.339. The van der Waals surface area contributed by atoms with Gasteiger partial charge in [-0.25, -0.2) is 0 Å². The summed E-state index contributed by atoms with van der Waals surface area (Å²) in [4.78, 5) is 24.5. The number of aryl methyl sites for hydroxylation is 1. The highest BCUT2D eigenvalue weighted by atomic mass is 32.1. The molecule has 0 saturated carbocycles. The van der Waals surface area contributed by atoms with Gasteiger partial charge < -0.3 is 9.47 Å². The summed E-state index contributed by atoms with van der Waals surface area (Å²) >= 11 is 5.07. The molecule has 0 heterocycles. The van der Waals surface area contributed by atoms with Crippen molar-refractivity contribution in [2.75, 3.05) is 13.2 Å². The predicted molar refractivity (Wildman–Crippen MR) is 120 cm³/mol. The molecule has 0 bridgehead atoms. The second-order valence-corrected chi connectivity index (χ2v) is 7.05. The SMILES string of the molecule is CCCCOc1ccccc1C(=O)NC(=S)NNC(=O)COc1cccc(C)c1C. The normalized spacial score (nSPS) is 10.1. The molecule has 160 valence electrons. The largest absolute Gasteiger partial charge is 0.493 e. The highest BCUT2D eigenvalue weighted by molar-refractivity contribution is 7.80. The van der Waals surface area contributed by atoms with Crippen molar-refractivity contribution < 1.29 is 19.1 Å². The van der Waals surface area contributed by atoms with Gasteiger partial charge in [-0.15, -0.1) is 0 Å². The molecule has 0 fully saturated rings. The van der Waals surface area contributed by atoms with Crippen LogP contribution in [0.15, 0.2) is 42.5 Å². The van der Waals surface area contributed by atoms with Crippen LogP contribution in [-0.2, 0) is 4.79 Å². The third-order valence-corrected chi connectivity index (χ3v) is 4.55. The summed E-state index contributed by atoms with van der Waals surface area (Å²) in [6, 6.07) is 12.5. The minimum absolute atomic E-state index is 0.0385. The number of rotatable bonds is 8. The highest BCUT2D eigenvalue weighted by Crippen LogP contribution is 2.20. The van der Waals surface area contributed by atoms with E-state index in [1.165, 1.54) is 0 Å². The van der Waals surface area contributed by atoms with Crippen LogP contribution >= 0.6 is 12.2 Å². The summed E-state index contributed by atoms with van der Waals surface area (Å²) in [5.41, 5.74) is 7.31. The van der Waals surface area contributed by atoms with E-state index in [0.717, 1.165) is 24.0 Å². The zero-order valence-corrected chi connectivity index (χ0v) is 18.2. The predicted octanol–water partition coefficient (Wildman–Crippen LogP) is 3.20. The Bertz CT molecular complexity index is 902. The summed E-state index contributed by atoms with van der Waals surface area (Å²) in [6.45, 7) is 6.29. The minimum atomic E-state index is -0.434. The van der Waals surface area contributed by atoms with Gasteiger partial charge in [-0.3, -0.25) is 25.8 Å². The van der Waals surface area contributed by atoms with Crippen LogP contribution in [0.4, 0.5) is 0 Å². The summed E-state index contributed by atoms with van der Waals surface area (Å²) in [7, 11) is 0. The summed E-state index contributed by atoms with van der Waals surface area (Å²) in [5, 5.41) is 2.48. The Labute approximate surface area is 182 Å². The molecular weight excluding hydrogens is 402 g/mol. The van der Waals surface area contributed by atoms with Gasteiger partial charge in [-0.1, -0.05) is 37.6 Å². The molecule has 0 aliphatic heterocycles. The lowest BCUT2D eigenvalue weighted by molar-refractivity contribution is -0.123. The molecule has 30 heavy (non-hydrogen) atoms. The van der Waals surface area contributed by atoms with Gasteiger partial charge in [0.05, 0.1) is 12.2 Å². The van der Waals surface area contributed by atoms with Crippen molar-refractivity contribution in [2.24, 2.45) is 0 Å². The van der Waals surface area contributed by atoms with Gasteiger partial charge in [0.1, 0.15) is 11.5 Å². The first-order valence-electron chi connectivity index (χ1n) is 9.73. The van der Waals surface area contributed by atoms with Crippen molar-refractivity contribution in [3.8, 4) is 11.5 Å². The maximum Gasteiger partial charge on any atom is 0.276 e. The monoisotopic (exact) mass is 429 g/mol. The van der Waals surface area contributed by atoms with Gasteiger partial charge in [0.25, 0.3) is 11.8 Å². The van der Waals surface area contributed by atoms with Crippen LogP contribution in [0.2, 0.25) is 0 Å². The highest BCUT2D eigenvalue weighted by Gasteiger charge is 2.14. The van der Waals surface area contributed by atoms with E-state index < -0.39 is 11.8 Å². The topological polar surface area (TPSA) is 88.7 Å². The van der Waals surface area contributed by atoms with Crippen LogP contribution in [0.5, 0.6) is 11.5 Å². The second kappa shape index (κ2) is 11.8. The standard InChI is InChI=1S/C22H27N3O4S/c1-4-5-13-28-19-11-7-6-10-17(19)21(27)23-22(30)25-24-20(26)14-29-18-12-8-9-15(2)16(18)3/h6-12H,4-5,13-14H2,1-3H3,(H,24,26)(H2,23,25,27,30). The van der Waals surface area contributed by atoms with E-state index in [1.807, 2.05) is 26.0 Å². The Morgan fingerprint density at radius 1 is 0.967 bits per heavy atom. The first-order valence-corrected chi connectivity index (χ1v) is 10.1. The maximum atomic E-state index is 12.5. The number of ether oxygens (including phenoxy) is 2. The molecule has 7 nitrogen and oxygen atoms in total. The zero-order chi connectivity index (χ0) is 21.9. The van der Waals surface area contributed by atoms with Crippen molar-refractivity contribution in [1.82, 2.24) is 16.2 Å². The maximum absolute atomic E-state index is 12.5. The summed E-state index contributed by atoms with van der Waals surface area (Å²) in [5.74, 6) is 0.259. The molecule has 0 spiro atoms. The molecule has 0 radical (unpaired) electrons. The van der Waals surface area contributed by atoms with E-state index in [-0.39, 0.29) is 11.7 Å². The van der Waals surface area contributed by atoms with Crippen LogP contribution in [0.3, 0.4) is 0 Å². The Hall–Kier alpha value is -3.13. The molecule has 2 aromatic carbocycles. The molecule has 2 aromatic rings. The number of amides is 2. The van der Waals surface area contributed by atoms with Gasteiger partial charge >= 0.3 is 0 Å². The first-order chi connectivity index (χ1) is 14.4. The lowest BCUT2D eigenvalue weighted by atomic mass is 10.1. The van der Waals surface area contributed by atoms with E-state index >= 15 is 0 Å². The van der Waals surface area contributed by atoms with E-state index in [1.54, 1.807) is 30.3 Å². The van der Waals surface area contributed by atoms with E-state index in [9.17, 15) is 9.59 Å². The number of para-hydroxylation sites is 1. The third-order valence-electron chi connectivity index (χ3n) is 4.34. The van der Waals surface area contributed by atoms with Crippen LogP contribution in [0, 0.1) is 13.8 Å². The van der Waals surface area contributed by atoms with Crippen molar-refractivity contribution in [3.05, 3.63) is 59.2 Å². The van der Waals surface area contributed by atoms with Gasteiger partial charge in [0, 0.05) is 0 Å². The molecular formula is C22H27N3O4S. The van der Waals surface area contributed by atoms with E-state index in [2.05, 4.69) is 23.1 Å². The number of hydrazine groups is 1. The average molecular weight is 430 g/mol. The van der Waals surface area contributed by atoms with Gasteiger partial charge in [-0.2, -0.15) is 0 Å². The fraction of sp³-hybridized carbons (Fsp3) is 0.318. The van der Waals surface area contributed by atoms with Gasteiger partial charge in [0.2, 0.25) is 0 Å². The molecule has 8 heteroatoms. The van der Waals surface area contributed by atoms with Crippen LogP contribution < -0.4 is 25.6 Å².